The molecule has 0 radical (unpaired) electrons. The van der Waals surface area contributed by atoms with Gasteiger partial charge in [-0.05, 0) is 30.9 Å². The van der Waals surface area contributed by atoms with E-state index in [0.29, 0.717) is 5.96 Å². The molecule has 0 saturated carbocycles. The first-order valence-corrected chi connectivity index (χ1v) is 9.40. The van der Waals surface area contributed by atoms with Gasteiger partial charge in [-0.3, -0.25) is 4.79 Å². The van der Waals surface area contributed by atoms with Crippen molar-refractivity contribution in [1.29, 1.82) is 0 Å². The largest absolute Gasteiger partial charge is 0.356 e. The predicted octanol–water partition coefficient (Wildman–Crippen LogP) is 3.62. The summed E-state index contributed by atoms with van der Waals surface area (Å²) in [6, 6.07) is 20.7. The second-order valence-electron chi connectivity index (χ2n) is 6.75. The zero-order chi connectivity index (χ0) is 19.5. The highest BCUT2D eigenvalue weighted by Crippen LogP contribution is 2.10. The van der Waals surface area contributed by atoms with Crippen LogP contribution in [0.5, 0.6) is 0 Å². The molecule has 0 heterocycles. The van der Waals surface area contributed by atoms with E-state index in [4.69, 9.17) is 0 Å². The summed E-state index contributed by atoms with van der Waals surface area (Å²) >= 11 is 0. The van der Waals surface area contributed by atoms with Crippen LogP contribution >= 0.6 is 24.0 Å². The maximum atomic E-state index is 11.9. The molecule has 2 aromatic carbocycles. The van der Waals surface area contributed by atoms with Crippen LogP contribution in [0.15, 0.2) is 65.7 Å². The summed E-state index contributed by atoms with van der Waals surface area (Å²) in [5.74, 6) is 0.641. The highest BCUT2D eigenvalue weighted by atomic mass is 127. The smallest absolute Gasteiger partial charge is 0.243 e. The molecule has 0 aliphatic heterocycles. The van der Waals surface area contributed by atoms with E-state index in [1.165, 1.54) is 11.1 Å². The molecule has 0 bridgehead atoms. The first-order chi connectivity index (χ1) is 13.1. The van der Waals surface area contributed by atoms with Crippen LogP contribution in [0.25, 0.3) is 0 Å². The van der Waals surface area contributed by atoms with Gasteiger partial charge in [-0.2, -0.15) is 0 Å². The number of halogens is 1. The lowest BCUT2D eigenvalue weighted by Gasteiger charge is -2.19. The average molecular weight is 494 g/mol. The molecule has 6 heteroatoms. The fraction of sp³-hybridized carbons (Fsp3) is 0.364. The third-order valence-corrected chi connectivity index (χ3v) is 4.30. The molecule has 0 saturated heterocycles. The number of aliphatic imine (C=N–C) groups is 1. The molecule has 1 atom stereocenters. The van der Waals surface area contributed by atoms with Crippen molar-refractivity contribution in [2.75, 3.05) is 27.2 Å². The van der Waals surface area contributed by atoms with E-state index < -0.39 is 0 Å². The Hall–Kier alpha value is -2.09. The van der Waals surface area contributed by atoms with Crippen molar-refractivity contribution >= 4 is 35.8 Å². The molecule has 0 aromatic heterocycles. The number of carbonyl (C=O) groups is 1. The lowest BCUT2D eigenvalue weighted by molar-refractivity contribution is -0.127. The highest BCUT2D eigenvalue weighted by molar-refractivity contribution is 14.0. The number of nitrogens with one attached hydrogen (secondary N) is 2. The Morgan fingerprint density at radius 2 is 1.64 bits per heavy atom. The fourth-order valence-corrected chi connectivity index (χ4v) is 2.61. The zero-order valence-electron chi connectivity index (χ0n) is 16.9. The molecule has 5 nitrogen and oxygen atoms in total. The molecule has 28 heavy (non-hydrogen) atoms. The van der Waals surface area contributed by atoms with Gasteiger partial charge < -0.3 is 15.5 Å². The number of amides is 1. The van der Waals surface area contributed by atoms with E-state index in [1.54, 1.807) is 19.0 Å². The second-order valence-corrected chi connectivity index (χ2v) is 6.75. The number of carbonyl (C=O) groups excluding carboxylic acids is 1. The average Bonchev–Trinajstić information content (AvgIpc) is 2.70. The van der Waals surface area contributed by atoms with Gasteiger partial charge in [0.2, 0.25) is 5.91 Å². The number of aryl methyl sites for hydroxylation is 1. The highest BCUT2D eigenvalue weighted by Gasteiger charge is 2.09. The molecule has 2 aromatic rings. The van der Waals surface area contributed by atoms with Crippen LogP contribution in [0.3, 0.4) is 0 Å². The molecule has 0 spiro atoms. The molecular formula is C22H31IN4O. The third-order valence-electron chi connectivity index (χ3n) is 4.30. The number of nitrogens with zero attached hydrogens (tertiary/aromatic N) is 2. The molecule has 1 amide bonds. The topological polar surface area (TPSA) is 56.7 Å². The summed E-state index contributed by atoms with van der Waals surface area (Å²) < 4.78 is 0. The van der Waals surface area contributed by atoms with Gasteiger partial charge in [0.25, 0.3) is 0 Å². The standard InChI is InChI=1S/C22H30N4O.HI/c1-18(20-14-8-5-9-15-20)25-22(24-17-21(27)26(2)3)23-16-10-13-19-11-6-4-7-12-19;/h4-9,11-12,14-15,18H,10,13,16-17H2,1-3H3,(H2,23,24,25);1H. The number of hydrogen-bond donors (Lipinski definition) is 2. The maximum absolute atomic E-state index is 11.9. The monoisotopic (exact) mass is 494 g/mol. The normalized spacial score (nSPS) is 11.9. The van der Waals surface area contributed by atoms with Crippen molar-refractivity contribution in [3.63, 3.8) is 0 Å². The summed E-state index contributed by atoms with van der Waals surface area (Å²) in [4.78, 5) is 17.9. The third kappa shape index (κ3) is 8.73. The number of guanidine groups is 1. The minimum Gasteiger partial charge on any atom is -0.356 e. The van der Waals surface area contributed by atoms with E-state index in [0.717, 1.165) is 19.4 Å². The van der Waals surface area contributed by atoms with Crippen molar-refractivity contribution in [3.8, 4) is 0 Å². The Morgan fingerprint density at radius 3 is 2.25 bits per heavy atom. The van der Waals surface area contributed by atoms with Crippen molar-refractivity contribution in [1.82, 2.24) is 15.5 Å². The van der Waals surface area contributed by atoms with Crippen LogP contribution in [0.1, 0.15) is 30.5 Å². The SMILES string of the molecule is CC(NC(=NCC(=O)N(C)C)NCCCc1ccccc1)c1ccccc1.I. The lowest BCUT2D eigenvalue weighted by Crippen LogP contribution is -2.40. The number of hydrogen-bond acceptors (Lipinski definition) is 2. The van der Waals surface area contributed by atoms with Crippen molar-refractivity contribution < 1.29 is 4.79 Å². The zero-order valence-corrected chi connectivity index (χ0v) is 19.2. The minimum absolute atomic E-state index is 0. The molecule has 0 fully saturated rings. The van der Waals surface area contributed by atoms with E-state index >= 15 is 0 Å². The maximum Gasteiger partial charge on any atom is 0.243 e. The minimum atomic E-state index is -0.0206. The molecule has 0 aliphatic rings. The summed E-state index contributed by atoms with van der Waals surface area (Å²) in [6.45, 7) is 3.01. The van der Waals surface area contributed by atoms with Crippen LogP contribution < -0.4 is 10.6 Å². The van der Waals surface area contributed by atoms with Crippen molar-refractivity contribution in [2.45, 2.75) is 25.8 Å². The van der Waals surface area contributed by atoms with Crippen molar-refractivity contribution in [3.05, 3.63) is 71.8 Å². The lowest BCUT2D eigenvalue weighted by atomic mass is 10.1. The van der Waals surface area contributed by atoms with E-state index in [1.807, 2.05) is 24.3 Å². The number of rotatable bonds is 8. The quantitative estimate of drug-likeness (QED) is 0.255. The van der Waals surface area contributed by atoms with E-state index in [9.17, 15) is 4.79 Å². The van der Waals surface area contributed by atoms with Gasteiger partial charge in [-0.1, -0.05) is 60.7 Å². The Morgan fingerprint density at radius 1 is 1.04 bits per heavy atom. The second kappa shape index (κ2) is 13.1. The van der Waals surface area contributed by atoms with Gasteiger partial charge in [-0.15, -0.1) is 24.0 Å². The fourth-order valence-electron chi connectivity index (χ4n) is 2.61. The van der Waals surface area contributed by atoms with Crippen LogP contribution in [-0.4, -0.2) is 44.0 Å². The van der Waals surface area contributed by atoms with Gasteiger partial charge >= 0.3 is 0 Å². The van der Waals surface area contributed by atoms with Gasteiger partial charge in [0.1, 0.15) is 6.54 Å². The van der Waals surface area contributed by atoms with Gasteiger partial charge in [0.15, 0.2) is 5.96 Å². The summed E-state index contributed by atoms with van der Waals surface area (Å²) in [5.41, 5.74) is 2.50. The summed E-state index contributed by atoms with van der Waals surface area (Å²) in [5, 5.41) is 6.75. The van der Waals surface area contributed by atoms with Crippen LogP contribution in [0.2, 0.25) is 0 Å². The number of benzene rings is 2. The predicted molar refractivity (Wildman–Crippen MR) is 127 cm³/mol. The van der Waals surface area contributed by atoms with Crippen LogP contribution in [0.4, 0.5) is 0 Å². The van der Waals surface area contributed by atoms with Gasteiger partial charge in [0, 0.05) is 20.6 Å². The number of likely N-dealkylation sites (N-methyl/N-ethyl adjacent to an activating group) is 1. The first kappa shape index (κ1) is 23.9. The molecule has 0 aliphatic carbocycles. The van der Waals surface area contributed by atoms with Gasteiger partial charge in [0.05, 0.1) is 6.04 Å². The Balaban J connectivity index is 0.00000392. The van der Waals surface area contributed by atoms with E-state index in [-0.39, 0.29) is 42.5 Å². The Labute approximate surface area is 185 Å². The summed E-state index contributed by atoms with van der Waals surface area (Å²) in [6.07, 6.45) is 2.00. The van der Waals surface area contributed by atoms with Crippen LogP contribution in [0, 0.1) is 0 Å². The first-order valence-electron chi connectivity index (χ1n) is 9.40. The molecule has 2 rings (SSSR count). The molecular weight excluding hydrogens is 463 g/mol. The van der Waals surface area contributed by atoms with Crippen molar-refractivity contribution in [2.24, 2.45) is 4.99 Å². The molecule has 2 N–H and O–H groups in total. The summed E-state index contributed by atoms with van der Waals surface area (Å²) in [7, 11) is 3.48. The molecule has 1 unspecified atom stereocenters. The van der Waals surface area contributed by atoms with Gasteiger partial charge in [-0.25, -0.2) is 4.99 Å². The van der Waals surface area contributed by atoms with E-state index in [2.05, 4.69) is 58.9 Å². The van der Waals surface area contributed by atoms with Crippen LogP contribution in [-0.2, 0) is 11.2 Å². The Bertz CT molecular complexity index is 720. The Kier molecular flexibility index (Phi) is 11.2. The molecule has 152 valence electrons.